The van der Waals surface area contributed by atoms with Gasteiger partial charge in [-0.3, -0.25) is 9.36 Å². The Morgan fingerprint density at radius 3 is 2.84 bits per heavy atom. The van der Waals surface area contributed by atoms with Gasteiger partial charge in [-0.25, -0.2) is 14.8 Å². The van der Waals surface area contributed by atoms with Crippen LogP contribution >= 0.6 is 22.9 Å². The SMILES string of the molecule is N#Cc1cc2c(=O)n(CCOc3ccc(Cl)cc3-c3ccc(C(=O)O)s3)cnc2cn1. The maximum atomic E-state index is 12.7. The van der Waals surface area contributed by atoms with Gasteiger partial charge in [-0.15, -0.1) is 11.3 Å². The zero-order valence-corrected chi connectivity index (χ0v) is 17.4. The standard InChI is InChI=1S/C21H13ClN4O4S/c22-12-1-2-17(15(7-12)18-3-4-19(31-18)21(28)29)30-6-5-26-11-25-16-10-24-13(9-23)8-14(16)20(26)27/h1-4,7-8,10-11H,5-6H2,(H,28,29). The van der Waals surface area contributed by atoms with Crippen molar-refractivity contribution in [3.8, 4) is 22.3 Å². The second-order valence-electron chi connectivity index (χ2n) is 6.40. The maximum Gasteiger partial charge on any atom is 0.345 e. The van der Waals surface area contributed by atoms with Crippen LogP contribution < -0.4 is 10.3 Å². The first-order valence-electron chi connectivity index (χ1n) is 8.97. The number of carboxylic acid groups (broad SMARTS) is 1. The summed E-state index contributed by atoms with van der Waals surface area (Å²) in [5.74, 6) is -0.486. The number of carboxylic acids is 1. The van der Waals surface area contributed by atoms with Gasteiger partial charge in [-0.05, 0) is 36.4 Å². The van der Waals surface area contributed by atoms with E-state index in [0.717, 1.165) is 11.3 Å². The molecule has 3 aromatic heterocycles. The van der Waals surface area contributed by atoms with E-state index >= 15 is 0 Å². The molecule has 1 N–H and O–H groups in total. The molecule has 0 saturated carbocycles. The molecule has 0 saturated heterocycles. The first-order valence-corrected chi connectivity index (χ1v) is 10.2. The van der Waals surface area contributed by atoms with E-state index in [1.807, 2.05) is 6.07 Å². The van der Waals surface area contributed by atoms with Crippen LogP contribution in [0.5, 0.6) is 5.75 Å². The number of rotatable bonds is 6. The highest BCUT2D eigenvalue weighted by atomic mass is 35.5. The molecule has 4 aromatic rings. The molecule has 0 aliphatic carbocycles. The Hall–Kier alpha value is -3.74. The number of benzene rings is 1. The fourth-order valence-electron chi connectivity index (χ4n) is 2.95. The molecule has 0 aliphatic rings. The molecule has 0 fully saturated rings. The summed E-state index contributed by atoms with van der Waals surface area (Å²) in [7, 11) is 0. The van der Waals surface area contributed by atoms with E-state index in [2.05, 4.69) is 9.97 Å². The lowest BCUT2D eigenvalue weighted by Gasteiger charge is -2.12. The molecule has 0 spiro atoms. The summed E-state index contributed by atoms with van der Waals surface area (Å²) >= 11 is 7.24. The van der Waals surface area contributed by atoms with Gasteiger partial charge in [-0.1, -0.05) is 11.6 Å². The Balaban J connectivity index is 1.56. The number of aromatic carboxylic acids is 1. The van der Waals surface area contributed by atoms with Crippen LogP contribution in [0.15, 0.2) is 53.7 Å². The number of pyridine rings is 1. The molecule has 4 rings (SSSR count). The second-order valence-corrected chi connectivity index (χ2v) is 7.92. The summed E-state index contributed by atoms with van der Waals surface area (Å²) in [4.78, 5) is 32.9. The number of ether oxygens (including phenoxy) is 1. The number of halogens is 1. The number of hydrogen-bond donors (Lipinski definition) is 1. The highest BCUT2D eigenvalue weighted by Gasteiger charge is 2.14. The molecule has 0 unspecified atom stereocenters. The van der Waals surface area contributed by atoms with Crippen LogP contribution in [0.1, 0.15) is 15.4 Å². The molecule has 0 aliphatic heterocycles. The molecule has 1 aromatic carbocycles. The van der Waals surface area contributed by atoms with Crippen molar-refractivity contribution in [3.63, 3.8) is 0 Å². The largest absolute Gasteiger partial charge is 0.491 e. The van der Waals surface area contributed by atoms with Crippen molar-refractivity contribution in [2.45, 2.75) is 6.54 Å². The highest BCUT2D eigenvalue weighted by molar-refractivity contribution is 7.17. The maximum absolute atomic E-state index is 12.7. The molecule has 10 heteroatoms. The van der Waals surface area contributed by atoms with Crippen molar-refractivity contribution >= 4 is 39.8 Å². The van der Waals surface area contributed by atoms with Crippen molar-refractivity contribution in [1.29, 1.82) is 5.26 Å². The van der Waals surface area contributed by atoms with Crippen LogP contribution in [0, 0.1) is 11.3 Å². The summed E-state index contributed by atoms with van der Waals surface area (Å²) in [6.45, 7) is 0.383. The first kappa shape index (κ1) is 20.5. The van der Waals surface area contributed by atoms with Crippen LogP contribution in [0.4, 0.5) is 0 Å². The minimum absolute atomic E-state index is 0.142. The third-order valence-electron chi connectivity index (χ3n) is 4.44. The van der Waals surface area contributed by atoms with Gasteiger partial charge >= 0.3 is 5.97 Å². The molecular weight excluding hydrogens is 440 g/mol. The third kappa shape index (κ3) is 4.26. The van der Waals surface area contributed by atoms with Crippen molar-refractivity contribution in [3.05, 3.63) is 74.9 Å². The predicted molar refractivity (Wildman–Crippen MR) is 116 cm³/mol. The number of thiophene rings is 1. The fourth-order valence-corrected chi connectivity index (χ4v) is 3.99. The van der Waals surface area contributed by atoms with E-state index in [1.54, 1.807) is 24.3 Å². The topological polar surface area (TPSA) is 118 Å². The van der Waals surface area contributed by atoms with E-state index in [9.17, 15) is 9.59 Å². The van der Waals surface area contributed by atoms with Gasteiger partial charge in [0.25, 0.3) is 5.56 Å². The summed E-state index contributed by atoms with van der Waals surface area (Å²) < 4.78 is 7.28. The molecule has 0 radical (unpaired) electrons. The average Bonchev–Trinajstić information content (AvgIpc) is 3.26. The summed E-state index contributed by atoms with van der Waals surface area (Å²) in [6.07, 6.45) is 2.80. The Morgan fingerprint density at radius 1 is 1.26 bits per heavy atom. The normalized spacial score (nSPS) is 10.7. The van der Waals surface area contributed by atoms with Gasteiger partial charge in [0.2, 0.25) is 0 Å². The van der Waals surface area contributed by atoms with Crippen molar-refractivity contribution in [1.82, 2.24) is 14.5 Å². The highest BCUT2D eigenvalue weighted by Crippen LogP contribution is 2.37. The van der Waals surface area contributed by atoms with Crippen LogP contribution in [-0.2, 0) is 6.54 Å². The lowest BCUT2D eigenvalue weighted by Crippen LogP contribution is -2.23. The minimum atomic E-state index is -1.00. The monoisotopic (exact) mass is 452 g/mol. The number of nitriles is 1. The Morgan fingerprint density at radius 2 is 2.10 bits per heavy atom. The molecule has 3 heterocycles. The first-order chi connectivity index (χ1) is 15.0. The molecule has 0 atom stereocenters. The van der Waals surface area contributed by atoms with E-state index in [4.69, 9.17) is 26.7 Å². The number of carbonyl (C=O) groups is 1. The number of aromatic nitrogens is 3. The van der Waals surface area contributed by atoms with Crippen LogP contribution in [0.2, 0.25) is 5.02 Å². The van der Waals surface area contributed by atoms with Crippen LogP contribution in [-0.4, -0.2) is 32.2 Å². The van der Waals surface area contributed by atoms with Gasteiger partial charge in [0.15, 0.2) is 0 Å². The lowest BCUT2D eigenvalue weighted by molar-refractivity contribution is 0.0702. The smallest absolute Gasteiger partial charge is 0.345 e. The predicted octanol–water partition coefficient (Wildman–Crippen LogP) is 3.82. The molecule has 0 amide bonds. The van der Waals surface area contributed by atoms with Crippen molar-refractivity contribution < 1.29 is 14.6 Å². The van der Waals surface area contributed by atoms with Crippen molar-refractivity contribution in [2.24, 2.45) is 0 Å². The third-order valence-corrected chi connectivity index (χ3v) is 5.78. The lowest BCUT2D eigenvalue weighted by atomic mass is 10.1. The van der Waals surface area contributed by atoms with E-state index in [0.29, 0.717) is 32.1 Å². The van der Waals surface area contributed by atoms with Crippen LogP contribution in [0.3, 0.4) is 0 Å². The number of fused-ring (bicyclic) bond motifs is 1. The summed E-state index contributed by atoms with van der Waals surface area (Å²) in [5, 5.41) is 19.0. The molecule has 0 bridgehead atoms. The Labute approximate surface area is 184 Å². The molecule has 8 nitrogen and oxygen atoms in total. The Bertz CT molecular complexity index is 1410. The van der Waals surface area contributed by atoms with Gasteiger partial charge < -0.3 is 9.84 Å². The molecule has 154 valence electrons. The second kappa shape index (κ2) is 8.55. The quantitative estimate of drug-likeness (QED) is 0.472. The zero-order chi connectivity index (χ0) is 22.0. The fraction of sp³-hybridized carbons (Fsp3) is 0.0952. The number of nitrogens with zero attached hydrogens (tertiary/aromatic N) is 4. The van der Waals surface area contributed by atoms with Crippen LogP contribution in [0.25, 0.3) is 21.3 Å². The number of hydrogen-bond acceptors (Lipinski definition) is 7. The molecule has 31 heavy (non-hydrogen) atoms. The van der Waals surface area contributed by atoms with E-state index < -0.39 is 5.97 Å². The zero-order valence-electron chi connectivity index (χ0n) is 15.8. The van der Waals surface area contributed by atoms with Gasteiger partial charge in [0, 0.05) is 15.5 Å². The Kier molecular flexibility index (Phi) is 5.66. The summed E-state index contributed by atoms with van der Waals surface area (Å²) in [6, 6.07) is 11.6. The minimum Gasteiger partial charge on any atom is -0.491 e. The van der Waals surface area contributed by atoms with Gasteiger partial charge in [0.1, 0.15) is 29.0 Å². The van der Waals surface area contributed by atoms with Crippen molar-refractivity contribution in [2.75, 3.05) is 6.61 Å². The molecular formula is C21H13ClN4O4S. The van der Waals surface area contributed by atoms with Gasteiger partial charge in [-0.2, -0.15) is 5.26 Å². The average molecular weight is 453 g/mol. The van der Waals surface area contributed by atoms with E-state index in [-0.39, 0.29) is 29.3 Å². The van der Waals surface area contributed by atoms with E-state index in [1.165, 1.54) is 29.2 Å². The summed E-state index contributed by atoms with van der Waals surface area (Å²) in [5.41, 5.74) is 0.919. The van der Waals surface area contributed by atoms with Gasteiger partial charge in [0.05, 0.1) is 30.0 Å².